The third-order valence-electron chi connectivity index (χ3n) is 4.97. The first kappa shape index (κ1) is 16.0. The van der Waals surface area contributed by atoms with E-state index in [2.05, 4.69) is 15.0 Å². The quantitative estimate of drug-likeness (QED) is 0.849. The van der Waals surface area contributed by atoms with E-state index < -0.39 is 0 Å². The molecule has 2 aromatic heterocycles. The second-order valence-corrected chi connectivity index (χ2v) is 6.39. The van der Waals surface area contributed by atoms with Crippen molar-refractivity contribution in [2.75, 3.05) is 20.2 Å². The van der Waals surface area contributed by atoms with Gasteiger partial charge in [0, 0.05) is 25.5 Å². The van der Waals surface area contributed by atoms with Crippen LogP contribution < -0.4 is 4.74 Å². The third kappa shape index (κ3) is 3.07. The summed E-state index contributed by atoms with van der Waals surface area (Å²) in [5, 5.41) is 0. The molecule has 7 heteroatoms. The number of nitrogens with zero attached hydrogens (tertiary/aromatic N) is 4. The number of aromatic nitrogens is 3. The number of ether oxygens (including phenoxy) is 2. The number of hydrogen-bond donors (Lipinski definition) is 0. The molecule has 0 saturated carbocycles. The van der Waals surface area contributed by atoms with Crippen LogP contribution in [0.3, 0.4) is 0 Å². The lowest BCUT2D eigenvalue weighted by atomic mass is 9.91. The molecule has 0 aliphatic carbocycles. The molecule has 2 fully saturated rings. The molecule has 3 atom stereocenters. The van der Waals surface area contributed by atoms with E-state index in [9.17, 15) is 4.79 Å². The second kappa shape index (κ2) is 6.76. The number of pyridine rings is 1. The van der Waals surface area contributed by atoms with Crippen molar-refractivity contribution in [3.05, 3.63) is 48.2 Å². The standard InChI is InChI=1S/C18H20N4O3/c1-24-17-13(3-2-6-20-17)18(23)22-8-5-12-9-15(25-16(12)10-22)14-4-7-19-11-21-14/h2-4,6-7,11-12,15-16H,5,8-10H2,1H3/t12-,15-,16+/m1/s1. The summed E-state index contributed by atoms with van der Waals surface area (Å²) in [4.78, 5) is 27.1. The van der Waals surface area contributed by atoms with Crippen LogP contribution in [0.4, 0.5) is 0 Å². The first-order valence-corrected chi connectivity index (χ1v) is 8.46. The monoisotopic (exact) mass is 340 g/mol. The SMILES string of the molecule is COc1ncccc1C(=O)N1CC[C@@H]2C[C@H](c3ccncn3)O[C@H]2C1. The number of methoxy groups -OCH3 is 1. The lowest BCUT2D eigenvalue weighted by Gasteiger charge is -2.34. The van der Waals surface area contributed by atoms with Crippen LogP contribution in [0, 0.1) is 5.92 Å². The zero-order valence-corrected chi connectivity index (χ0v) is 14.0. The summed E-state index contributed by atoms with van der Waals surface area (Å²) in [6.45, 7) is 1.31. The number of carbonyl (C=O) groups excluding carboxylic acids is 1. The van der Waals surface area contributed by atoms with Gasteiger partial charge in [0.2, 0.25) is 5.88 Å². The minimum atomic E-state index is -0.0579. The van der Waals surface area contributed by atoms with Gasteiger partial charge in [0.15, 0.2) is 0 Å². The largest absolute Gasteiger partial charge is 0.480 e. The van der Waals surface area contributed by atoms with Gasteiger partial charge in [-0.1, -0.05) is 0 Å². The molecule has 1 amide bonds. The highest BCUT2D eigenvalue weighted by molar-refractivity contribution is 5.96. The molecule has 25 heavy (non-hydrogen) atoms. The Morgan fingerprint density at radius 1 is 1.32 bits per heavy atom. The summed E-state index contributed by atoms with van der Waals surface area (Å²) in [5.74, 6) is 0.762. The Hall–Kier alpha value is -2.54. The van der Waals surface area contributed by atoms with Crippen molar-refractivity contribution in [1.82, 2.24) is 19.9 Å². The molecule has 0 aromatic carbocycles. The number of carbonyl (C=O) groups is 1. The Balaban J connectivity index is 1.47. The van der Waals surface area contributed by atoms with E-state index in [1.54, 1.807) is 30.9 Å². The topological polar surface area (TPSA) is 77.4 Å². The molecular weight excluding hydrogens is 320 g/mol. The summed E-state index contributed by atoms with van der Waals surface area (Å²) in [6, 6.07) is 5.39. The minimum Gasteiger partial charge on any atom is -0.480 e. The fraction of sp³-hybridized carbons (Fsp3) is 0.444. The Morgan fingerprint density at radius 2 is 2.24 bits per heavy atom. The molecule has 2 saturated heterocycles. The first-order chi connectivity index (χ1) is 12.3. The predicted octanol–water partition coefficient (Wildman–Crippen LogP) is 1.87. The maximum absolute atomic E-state index is 12.8. The van der Waals surface area contributed by atoms with Crippen molar-refractivity contribution in [2.24, 2.45) is 5.92 Å². The molecule has 130 valence electrons. The van der Waals surface area contributed by atoms with Crippen LogP contribution >= 0.6 is 0 Å². The van der Waals surface area contributed by atoms with E-state index in [0.717, 1.165) is 25.1 Å². The zero-order chi connectivity index (χ0) is 17.2. The predicted molar refractivity (Wildman–Crippen MR) is 89.1 cm³/mol. The van der Waals surface area contributed by atoms with E-state index in [-0.39, 0.29) is 18.1 Å². The summed E-state index contributed by atoms with van der Waals surface area (Å²) in [6.07, 6.45) is 6.80. The smallest absolute Gasteiger partial charge is 0.259 e. The highest BCUT2D eigenvalue weighted by Crippen LogP contribution is 2.40. The maximum atomic E-state index is 12.8. The molecule has 7 nitrogen and oxygen atoms in total. The fourth-order valence-electron chi connectivity index (χ4n) is 3.68. The zero-order valence-electron chi connectivity index (χ0n) is 14.0. The van der Waals surface area contributed by atoms with Crippen LogP contribution in [0.5, 0.6) is 5.88 Å². The first-order valence-electron chi connectivity index (χ1n) is 8.46. The van der Waals surface area contributed by atoms with Crippen LogP contribution in [0.2, 0.25) is 0 Å². The van der Waals surface area contributed by atoms with Gasteiger partial charge in [-0.3, -0.25) is 4.79 Å². The van der Waals surface area contributed by atoms with Gasteiger partial charge in [-0.2, -0.15) is 0 Å². The van der Waals surface area contributed by atoms with Gasteiger partial charge >= 0.3 is 0 Å². The normalized spacial score (nSPS) is 25.5. The van der Waals surface area contributed by atoms with Crippen LogP contribution in [0.25, 0.3) is 0 Å². The number of amides is 1. The maximum Gasteiger partial charge on any atom is 0.259 e. The number of fused-ring (bicyclic) bond motifs is 1. The average molecular weight is 340 g/mol. The highest BCUT2D eigenvalue weighted by atomic mass is 16.5. The van der Waals surface area contributed by atoms with Crippen molar-refractivity contribution in [1.29, 1.82) is 0 Å². The summed E-state index contributed by atoms with van der Waals surface area (Å²) in [7, 11) is 1.53. The summed E-state index contributed by atoms with van der Waals surface area (Å²) >= 11 is 0. The molecule has 0 bridgehead atoms. The van der Waals surface area contributed by atoms with E-state index in [1.807, 2.05) is 11.0 Å². The Bertz CT molecular complexity index is 755. The van der Waals surface area contributed by atoms with E-state index in [1.165, 1.54) is 7.11 Å². The number of rotatable bonds is 3. The van der Waals surface area contributed by atoms with Gasteiger partial charge in [0.1, 0.15) is 18.0 Å². The Kier molecular flexibility index (Phi) is 4.31. The number of piperidine rings is 1. The van der Waals surface area contributed by atoms with Crippen molar-refractivity contribution in [2.45, 2.75) is 25.0 Å². The van der Waals surface area contributed by atoms with Crippen LogP contribution in [0.1, 0.15) is 35.0 Å². The Labute approximate surface area is 146 Å². The number of likely N-dealkylation sites (tertiary alicyclic amines) is 1. The molecule has 4 heterocycles. The lowest BCUT2D eigenvalue weighted by Crippen LogP contribution is -2.45. The van der Waals surface area contributed by atoms with Gasteiger partial charge < -0.3 is 14.4 Å². The lowest BCUT2D eigenvalue weighted by molar-refractivity contribution is -0.00574. The number of hydrogen-bond acceptors (Lipinski definition) is 6. The third-order valence-corrected chi connectivity index (χ3v) is 4.97. The molecule has 2 aromatic rings. The molecular formula is C18H20N4O3. The summed E-state index contributed by atoms with van der Waals surface area (Å²) < 4.78 is 11.4. The van der Waals surface area contributed by atoms with Gasteiger partial charge in [-0.05, 0) is 37.0 Å². The van der Waals surface area contributed by atoms with Crippen molar-refractivity contribution >= 4 is 5.91 Å². The Morgan fingerprint density at radius 3 is 3.04 bits per heavy atom. The van der Waals surface area contributed by atoms with Gasteiger partial charge in [0.05, 0.1) is 18.9 Å². The van der Waals surface area contributed by atoms with Gasteiger partial charge in [-0.15, -0.1) is 0 Å². The van der Waals surface area contributed by atoms with Crippen LogP contribution in [-0.4, -0.2) is 52.1 Å². The van der Waals surface area contributed by atoms with E-state index in [0.29, 0.717) is 23.9 Å². The van der Waals surface area contributed by atoms with E-state index >= 15 is 0 Å². The van der Waals surface area contributed by atoms with Crippen molar-refractivity contribution in [3.63, 3.8) is 0 Å². The van der Waals surface area contributed by atoms with Gasteiger partial charge in [-0.25, -0.2) is 15.0 Å². The van der Waals surface area contributed by atoms with Crippen LogP contribution in [0.15, 0.2) is 36.9 Å². The molecule has 0 N–H and O–H groups in total. The highest BCUT2D eigenvalue weighted by Gasteiger charge is 2.41. The van der Waals surface area contributed by atoms with Crippen molar-refractivity contribution in [3.8, 4) is 5.88 Å². The fourth-order valence-corrected chi connectivity index (χ4v) is 3.68. The van der Waals surface area contributed by atoms with Gasteiger partial charge in [0.25, 0.3) is 5.91 Å². The minimum absolute atomic E-state index is 0.0130. The average Bonchev–Trinajstić information content (AvgIpc) is 3.11. The molecule has 0 radical (unpaired) electrons. The molecule has 4 rings (SSSR count). The molecule has 0 spiro atoms. The summed E-state index contributed by atoms with van der Waals surface area (Å²) in [5.41, 5.74) is 1.41. The van der Waals surface area contributed by atoms with Crippen molar-refractivity contribution < 1.29 is 14.3 Å². The molecule has 2 aliphatic rings. The van der Waals surface area contributed by atoms with Crippen LogP contribution in [-0.2, 0) is 4.74 Å². The molecule has 2 aliphatic heterocycles. The van der Waals surface area contributed by atoms with E-state index in [4.69, 9.17) is 9.47 Å². The second-order valence-electron chi connectivity index (χ2n) is 6.39. The molecule has 0 unspecified atom stereocenters.